The van der Waals surface area contributed by atoms with Gasteiger partial charge in [0.25, 0.3) is 0 Å². The van der Waals surface area contributed by atoms with Crippen LogP contribution in [-0.4, -0.2) is 5.11 Å². The predicted octanol–water partition coefficient (Wildman–Crippen LogP) is 5.41. The minimum Gasteiger partial charge on any atom is -0.502 e. The zero-order valence-electron chi connectivity index (χ0n) is 14.4. The van der Waals surface area contributed by atoms with E-state index in [0.717, 1.165) is 10.9 Å². The number of hydrogen-bond acceptors (Lipinski definition) is 1. The highest BCUT2D eigenvalue weighted by Gasteiger charge is 2.07. The van der Waals surface area contributed by atoms with Crippen LogP contribution in [0.1, 0.15) is 16.7 Å². The molecule has 25 heavy (non-hydrogen) atoms. The second kappa shape index (κ2) is 6.06. The van der Waals surface area contributed by atoms with Gasteiger partial charge in [-0.25, -0.2) is 0 Å². The monoisotopic (exact) mass is 326 g/mol. The summed E-state index contributed by atoms with van der Waals surface area (Å²) in [5.41, 5.74) is 3.42. The number of aliphatic hydroxyl groups is 1. The first-order chi connectivity index (χ1) is 12.1. The Morgan fingerprint density at radius 2 is 1.44 bits per heavy atom. The zero-order valence-corrected chi connectivity index (χ0v) is 14.4. The third-order valence-electron chi connectivity index (χ3n) is 4.71. The van der Waals surface area contributed by atoms with Crippen molar-refractivity contribution in [2.24, 2.45) is 0 Å². The molecule has 0 aliphatic rings. The van der Waals surface area contributed by atoms with Crippen molar-refractivity contribution in [3.05, 3.63) is 89.7 Å². The van der Waals surface area contributed by atoms with Gasteiger partial charge >= 0.3 is 0 Å². The number of hydrogen-bond donors (Lipinski definition) is 1. The van der Waals surface area contributed by atoms with Gasteiger partial charge in [-0.3, -0.25) is 0 Å². The lowest BCUT2D eigenvalue weighted by atomic mass is 10.00. The summed E-state index contributed by atoms with van der Waals surface area (Å²) in [5.74, 6) is 0.247. The molecule has 0 amide bonds. The lowest BCUT2D eigenvalue weighted by Gasteiger charge is -2.05. The lowest BCUT2D eigenvalue weighted by molar-refractivity contribution is -0.566. The molecule has 4 rings (SSSR count). The van der Waals surface area contributed by atoms with Crippen molar-refractivity contribution < 1.29 is 9.67 Å². The van der Waals surface area contributed by atoms with Crippen molar-refractivity contribution in [3.8, 4) is 0 Å². The molecule has 0 unspecified atom stereocenters. The van der Waals surface area contributed by atoms with Crippen LogP contribution in [0.4, 0.5) is 0 Å². The number of aromatic nitrogens is 1. The van der Waals surface area contributed by atoms with Crippen molar-refractivity contribution in [2.75, 3.05) is 0 Å². The van der Waals surface area contributed by atoms with Crippen LogP contribution in [-0.2, 0) is 0 Å². The number of nitrogens with zero attached hydrogens (tertiary/aromatic N) is 1. The third-order valence-corrected chi connectivity index (χ3v) is 4.71. The Hall–Kier alpha value is -3.13. The quantitative estimate of drug-likeness (QED) is 0.297. The molecule has 3 aromatic carbocycles. The molecule has 0 aliphatic carbocycles. The van der Waals surface area contributed by atoms with E-state index < -0.39 is 0 Å². The first-order valence-corrected chi connectivity index (χ1v) is 8.42. The molecule has 2 nitrogen and oxygen atoms in total. The van der Waals surface area contributed by atoms with E-state index in [0.29, 0.717) is 0 Å². The summed E-state index contributed by atoms with van der Waals surface area (Å²) in [6, 6.07) is 20.6. The second-order valence-corrected chi connectivity index (χ2v) is 6.54. The van der Waals surface area contributed by atoms with Crippen LogP contribution in [0.25, 0.3) is 33.5 Å². The van der Waals surface area contributed by atoms with Crippen LogP contribution in [0, 0.1) is 13.8 Å². The molecule has 4 aromatic rings. The molecule has 0 bridgehead atoms. The number of benzene rings is 3. The van der Waals surface area contributed by atoms with Gasteiger partial charge < -0.3 is 5.11 Å². The van der Waals surface area contributed by atoms with E-state index in [-0.39, 0.29) is 5.76 Å². The highest BCUT2D eigenvalue weighted by Crippen LogP contribution is 2.24. The fourth-order valence-electron chi connectivity index (χ4n) is 3.14. The normalized spacial score (nSPS) is 12.0. The first-order valence-electron chi connectivity index (χ1n) is 8.42. The molecule has 0 radical (unpaired) electrons. The van der Waals surface area contributed by atoms with Gasteiger partial charge in [0.15, 0.2) is 18.2 Å². The Labute approximate surface area is 147 Å². The summed E-state index contributed by atoms with van der Waals surface area (Å²) in [6.07, 6.45) is 5.75. The van der Waals surface area contributed by atoms with E-state index in [2.05, 4.69) is 44.2 Å². The Morgan fingerprint density at radius 1 is 0.800 bits per heavy atom. The van der Waals surface area contributed by atoms with Crippen LogP contribution in [0.15, 0.2) is 73.1 Å². The summed E-state index contributed by atoms with van der Waals surface area (Å²) in [7, 11) is 0. The van der Waals surface area contributed by atoms with Crippen LogP contribution >= 0.6 is 0 Å². The third kappa shape index (κ3) is 2.99. The highest BCUT2D eigenvalue weighted by atomic mass is 16.3. The second-order valence-electron chi connectivity index (χ2n) is 6.54. The number of fused-ring (bicyclic) bond motifs is 2. The van der Waals surface area contributed by atoms with Gasteiger partial charge in [0.05, 0.1) is 0 Å². The molecular weight excluding hydrogens is 306 g/mol. The minimum absolute atomic E-state index is 0.247. The van der Waals surface area contributed by atoms with Crippen molar-refractivity contribution >= 4 is 33.5 Å². The fourth-order valence-corrected chi connectivity index (χ4v) is 3.14. The maximum Gasteiger partial charge on any atom is 0.216 e. The summed E-state index contributed by atoms with van der Waals surface area (Å²) < 4.78 is 1.90. The predicted molar refractivity (Wildman–Crippen MR) is 104 cm³/mol. The van der Waals surface area contributed by atoms with Crippen molar-refractivity contribution in [1.29, 1.82) is 0 Å². The molecule has 0 spiro atoms. The van der Waals surface area contributed by atoms with Gasteiger partial charge in [0, 0.05) is 17.0 Å². The van der Waals surface area contributed by atoms with E-state index in [1.807, 2.05) is 47.3 Å². The molecule has 2 heteroatoms. The topological polar surface area (TPSA) is 24.1 Å². The molecule has 0 saturated carbocycles. The highest BCUT2D eigenvalue weighted by molar-refractivity contribution is 5.98. The van der Waals surface area contributed by atoms with Crippen molar-refractivity contribution in [2.45, 2.75) is 13.8 Å². The van der Waals surface area contributed by atoms with E-state index in [4.69, 9.17) is 0 Å². The Kier molecular flexibility index (Phi) is 3.73. The van der Waals surface area contributed by atoms with E-state index in [9.17, 15) is 5.11 Å². The summed E-state index contributed by atoms with van der Waals surface area (Å²) in [6.45, 7) is 4.29. The maximum atomic E-state index is 10.3. The average Bonchev–Trinajstić information content (AvgIpc) is 2.62. The molecule has 1 heterocycles. The largest absolute Gasteiger partial charge is 0.502 e. The number of aryl methyl sites for hydroxylation is 2. The molecule has 0 atom stereocenters. The summed E-state index contributed by atoms with van der Waals surface area (Å²) in [4.78, 5) is 0. The van der Waals surface area contributed by atoms with Gasteiger partial charge in [0.2, 0.25) is 6.20 Å². The number of rotatable bonds is 2. The maximum absolute atomic E-state index is 10.3. The standard InChI is InChI=1S/C23H19NO/c1-16-10-20-12-19-8-9-24(14-22(19)13-21(20)11-17(16)2)15-23(25)18-6-4-3-5-7-18/h3-15H,1-2H3/p+1/b23-15-. The van der Waals surface area contributed by atoms with Crippen LogP contribution < -0.4 is 4.57 Å². The molecule has 122 valence electrons. The number of aliphatic hydroxyl groups excluding tert-OH is 1. The van der Waals surface area contributed by atoms with Crippen molar-refractivity contribution in [1.82, 2.24) is 0 Å². The van der Waals surface area contributed by atoms with Gasteiger partial charge in [0.1, 0.15) is 0 Å². The summed E-state index contributed by atoms with van der Waals surface area (Å²) >= 11 is 0. The molecule has 0 fully saturated rings. The molecule has 1 aromatic heterocycles. The van der Waals surface area contributed by atoms with Gasteiger partial charge in [-0.1, -0.05) is 42.5 Å². The smallest absolute Gasteiger partial charge is 0.216 e. The van der Waals surface area contributed by atoms with Gasteiger partial charge in [-0.2, -0.15) is 4.57 Å². The van der Waals surface area contributed by atoms with Gasteiger partial charge in [-0.05, 0) is 53.3 Å². The Balaban J connectivity index is 1.82. The number of pyridine rings is 1. The van der Waals surface area contributed by atoms with Crippen LogP contribution in [0.5, 0.6) is 0 Å². The van der Waals surface area contributed by atoms with Crippen molar-refractivity contribution in [3.63, 3.8) is 0 Å². The van der Waals surface area contributed by atoms with Gasteiger partial charge in [-0.15, -0.1) is 0 Å². The van der Waals surface area contributed by atoms with E-state index in [1.54, 1.807) is 6.20 Å². The zero-order chi connectivity index (χ0) is 17.4. The van der Waals surface area contributed by atoms with Crippen LogP contribution in [0.3, 0.4) is 0 Å². The van der Waals surface area contributed by atoms with Crippen LogP contribution in [0.2, 0.25) is 0 Å². The molecule has 1 N–H and O–H groups in total. The SMILES string of the molecule is Cc1cc2cc3cc[n+](/C=C(\O)c4ccccc4)cc3cc2cc1C. The molecule has 0 saturated heterocycles. The Morgan fingerprint density at radius 3 is 2.12 bits per heavy atom. The van der Waals surface area contributed by atoms with E-state index in [1.165, 1.54) is 27.3 Å². The molecular formula is C23H20NO+. The lowest BCUT2D eigenvalue weighted by Crippen LogP contribution is -2.25. The average molecular weight is 326 g/mol. The Bertz CT molecular complexity index is 1110. The molecule has 0 aliphatic heterocycles. The summed E-state index contributed by atoms with van der Waals surface area (Å²) in [5, 5.41) is 15.2. The first kappa shape index (κ1) is 15.4. The minimum atomic E-state index is 0.247. The fraction of sp³-hybridized carbons (Fsp3) is 0.0870. The van der Waals surface area contributed by atoms with E-state index >= 15 is 0 Å².